The largest absolute Gasteiger partial charge is 0.493 e. The molecule has 1 heterocycles. The van der Waals surface area contributed by atoms with Gasteiger partial charge in [0.1, 0.15) is 0 Å². The second-order valence-corrected chi connectivity index (χ2v) is 8.99. The number of carbonyl (C=O) groups excluding carboxylic acids is 1. The van der Waals surface area contributed by atoms with Gasteiger partial charge in [-0.25, -0.2) is 4.79 Å². The molecule has 1 saturated heterocycles. The van der Waals surface area contributed by atoms with Crippen molar-refractivity contribution in [3.8, 4) is 11.5 Å². The van der Waals surface area contributed by atoms with Gasteiger partial charge < -0.3 is 18.9 Å². The minimum absolute atomic E-state index is 0.0338. The van der Waals surface area contributed by atoms with Crippen LogP contribution < -0.4 is 9.47 Å². The van der Waals surface area contributed by atoms with Gasteiger partial charge >= 0.3 is 5.97 Å². The molecule has 1 unspecified atom stereocenters. The summed E-state index contributed by atoms with van der Waals surface area (Å²) in [5.41, 5.74) is 4.27. The topological polar surface area (TPSA) is 54.0 Å². The summed E-state index contributed by atoms with van der Waals surface area (Å²) in [6, 6.07) is 14.8. The number of hydrogen-bond donors (Lipinski definition) is 0. The molecule has 0 N–H and O–H groups in total. The van der Waals surface area contributed by atoms with E-state index in [9.17, 15) is 4.79 Å². The number of esters is 1. The van der Waals surface area contributed by atoms with Crippen LogP contribution in [-0.4, -0.2) is 33.4 Å². The molecule has 0 spiro atoms. The lowest BCUT2D eigenvalue weighted by Crippen LogP contribution is -2.24. The first-order chi connectivity index (χ1) is 16.5. The lowest BCUT2D eigenvalue weighted by Gasteiger charge is -2.24. The molecule has 5 nitrogen and oxygen atoms in total. The van der Waals surface area contributed by atoms with E-state index in [0.717, 1.165) is 18.4 Å². The van der Waals surface area contributed by atoms with Gasteiger partial charge in [0.2, 0.25) is 0 Å². The second kappa shape index (κ2) is 12.6. The fourth-order valence-corrected chi connectivity index (χ4v) is 4.46. The standard InChI is InChI=1S/C29H38O5/c1-6-8-9-21-10-12-22(13-11-21)16-24-18-33-28(25(24)19-34-29(30)20(3)7-2)23-14-15-26(31-4)27(17-23)32-5/h7,10-15,17,24-25,28H,6,8-9,16,18-19H2,1-5H3/b20-7-/t24-,25-,28?/m0/s1. The smallest absolute Gasteiger partial charge is 0.333 e. The Morgan fingerprint density at radius 3 is 2.41 bits per heavy atom. The Hall–Kier alpha value is -2.79. The normalized spacial score (nSPS) is 20.3. The highest BCUT2D eigenvalue weighted by atomic mass is 16.5. The Balaban J connectivity index is 1.80. The first-order valence-corrected chi connectivity index (χ1v) is 12.2. The van der Waals surface area contributed by atoms with E-state index in [1.807, 2.05) is 25.1 Å². The summed E-state index contributed by atoms with van der Waals surface area (Å²) in [5, 5.41) is 0. The van der Waals surface area contributed by atoms with Gasteiger partial charge in [0.15, 0.2) is 11.5 Å². The quantitative estimate of drug-likeness (QED) is 0.296. The molecular formula is C29H38O5. The van der Waals surface area contributed by atoms with Crippen LogP contribution in [0.1, 0.15) is 56.4 Å². The van der Waals surface area contributed by atoms with Crippen molar-refractivity contribution in [3.63, 3.8) is 0 Å². The molecule has 34 heavy (non-hydrogen) atoms. The van der Waals surface area contributed by atoms with Gasteiger partial charge in [-0.05, 0) is 67.9 Å². The molecule has 184 valence electrons. The molecule has 3 atom stereocenters. The summed E-state index contributed by atoms with van der Waals surface area (Å²) >= 11 is 0. The Kier molecular flexibility index (Phi) is 9.58. The fourth-order valence-electron chi connectivity index (χ4n) is 4.46. The molecule has 0 radical (unpaired) electrons. The third-order valence-corrected chi connectivity index (χ3v) is 6.72. The highest BCUT2D eigenvalue weighted by molar-refractivity contribution is 5.87. The van der Waals surface area contributed by atoms with Crippen LogP contribution in [-0.2, 0) is 27.1 Å². The average Bonchev–Trinajstić information content (AvgIpc) is 3.27. The number of benzene rings is 2. The monoisotopic (exact) mass is 466 g/mol. The highest BCUT2D eigenvalue weighted by Gasteiger charge is 2.39. The molecule has 1 aliphatic rings. The summed E-state index contributed by atoms with van der Waals surface area (Å²) in [7, 11) is 3.25. The Morgan fingerprint density at radius 2 is 1.76 bits per heavy atom. The summed E-state index contributed by atoms with van der Waals surface area (Å²) in [4.78, 5) is 12.4. The van der Waals surface area contributed by atoms with E-state index in [1.165, 1.54) is 24.0 Å². The zero-order valence-corrected chi connectivity index (χ0v) is 21.1. The van der Waals surface area contributed by atoms with Crippen LogP contribution >= 0.6 is 0 Å². The second-order valence-electron chi connectivity index (χ2n) is 8.99. The fraction of sp³-hybridized carbons (Fsp3) is 0.483. The van der Waals surface area contributed by atoms with E-state index in [1.54, 1.807) is 27.2 Å². The van der Waals surface area contributed by atoms with Crippen LogP contribution in [0.2, 0.25) is 0 Å². The van der Waals surface area contributed by atoms with Gasteiger partial charge in [0, 0.05) is 11.5 Å². The predicted molar refractivity (Wildman–Crippen MR) is 134 cm³/mol. The highest BCUT2D eigenvalue weighted by Crippen LogP contribution is 2.42. The molecule has 0 saturated carbocycles. The van der Waals surface area contributed by atoms with Crippen LogP contribution in [0.4, 0.5) is 0 Å². The van der Waals surface area contributed by atoms with Crippen LogP contribution in [0, 0.1) is 11.8 Å². The minimum atomic E-state index is -0.278. The van der Waals surface area contributed by atoms with Crippen LogP contribution in [0.25, 0.3) is 0 Å². The molecule has 0 amide bonds. The maximum absolute atomic E-state index is 12.4. The molecule has 0 bridgehead atoms. The van der Waals surface area contributed by atoms with E-state index in [0.29, 0.717) is 30.3 Å². The SMILES string of the molecule is C/C=C(/C)C(=O)OC[C@@H]1C(c2ccc(OC)c(OC)c2)OC[C@@H]1Cc1ccc(CCCC)cc1. The molecule has 3 rings (SSSR count). The number of rotatable bonds is 11. The molecule has 0 aliphatic carbocycles. The summed E-state index contributed by atoms with van der Waals surface area (Å²) in [6.45, 7) is 6.75. The first kappa shape index (κ1) is 25.8. The van der Waals surface area contributed by atoms with Crippen molar-refractivity contribution in [2.24, 2.45) is 11.8 Å². The van der Waals surface area contributed by atoms with Gasteiger partial charge in [-0.15, -0.1) is 0 Å². The van der Waals surface area contributed by atoms with Gasteiger partial charge in [-0.1, -0.05) is 49.8 Å². The van der Waals surface area contributed by atoms with Crippen molar-refractivity contribution in [3.05, 3.63) is 70.8 Å². The van der Waals surface area contributed by atoms with E-state index >= 15 is 0 Å². The van der Waals surface area contributed by atoms with Crippen molar-refractivity contribution in [1.82, 2.24) is 0 Å². The summed E-state index contributed by atoms with van der Waals surface area (Å²) in [6.07, 6.45) is 5.99. The Bertz CT molecular complexity index is 963. The van der Waals surface area contributed by atoms with Gasteiger partial charge in [-0.2, -0.15) is 0 Å². The van der Waals surface area contributed by atoms with Crippen molar-refractivity contribution in [2.45, 2.75) is 52.6 Å². The lowest BCUT2D eigenvalue weighted by atomic mass is 9.84. The number of hydrogen-bond acceptors (Lipinski definition) is 5. The van der Waals surface area contributed by atoms with E-state index in [4.69, 9.17) is 18.9 Å². The number of aryl methyl sites for hydroxylation is 1. The molecule has 1 aliphatic heterocycles. The number of allylic oxidation sites excluding steroid dienone is 1. The van der Waals surface area contributed by atoms with Crippen molar-refractivity contribution >= 4 is 5.97 Å². The summed E-state index contributed by atoms with van der Waals surface area (Å²) < 4.78 is 22.9. The van der Waals surface area contributed by atoms with Crippen molar-refractivity contribution < 1.29 is 23.7 Å². The van der Waals surface area contributed by atoms with E-state index in [-0.39, 0.29) is 23.9 Å². The first-order valence-electron chi connectivity index (χ1n) is 12.2. The number of methoxy groups -OCH3 is 2. The number of unbranched alkanes of at least 4 members (excludes halogenated alkanes) is 1. The van der Waals surface area contributed by atoms with Gasteiger partial charge in [0.05, 0.1) is 33.5 Å². The van der Waals surface area contributed by atoms with E-state index < -0.39 is 0 Å². The maximum atomic E-state index is 12.4. The lowest BCUT2D eigenvalue weighted by molar-refractivity contribution is -0.141. The summed E-state index contributed by atoms with van der Waals surface area (Å²) in [5.74, 6) is 1.33. The van der Waals surface area contributed by atoms with Crippen molar-refractivity contribution in [2.75, 3.05) is 27.4 Å². The number of carbonyl (C=O) groups is 1. The zero-order chi connectivity index (χ0) is 24.5. The van der Waals surface area contributed by atoms with Gasteiger partial charge in [-0.3, -0.25) is 0 Å². The Morgan fingerprint density at radius 1 is 1.06 bits per heavy atom. The third kappa shape index (κ3) is 6.41. The van der Waals surface area contributed by atoms with Crippen LogP contribution in [0.3, 0.4) is 0 Å². The molecule has 2 aromatic carbocycles. The van der Waals surface area contributed by atoms with Crippen molar-refractivity contribution in [1.29, 1.82) is 0 Å². The zero-order valence-electron chi connectivity index (χ0n) is 21.1. The van der Waals surface area contributed by atoms with Crippen LogP contribution in [0.15, 0.2) is 54.1 Å². The minimum Gasteiger partial charge on any atom is -0.493 e. The molecular weight excluding hydrogens is 428 g/mol. The molecule has 5 heteroatoms. The van der Waals surface area contributed by atoms with E-state index in [2.05, 4.69) is 31.2 Å². The average molecular weight is 467 g/mol. The third-order valence-electron chi connectivity index (χ3n) is 6.72. The number of ether oxygens (including phenoxy) is 4. The van der Waals surface area contributed by atoms with Crippen LogP contribution in [0.5, 0.6) is 11.5 Å². The molecule has 2 aromatic rings. The Labute approximate surface area is 204 Å². The molecule has 0 aromatic heterocycles. The molecule has 1 fully saturated rings. The van der Waals surface area contributed by atoms with Gasteiger partial charge in [0.25, 0.3) is 0 Å². The predicted octanol–water partition coefficient (Wildman–Crippen LogP) is 6.10. The maximum Gasteiger partial charge on any atom is 0.333 e.